The molecule has 3 rings (SSSR count). The van der Waals surface area contributed by atoms with E-state index in [4.69, 9.17) is 5.73 Å². The van der Waals surface area contributed by atoms with Gasteiger partial charge in [-0.3, -0.25) is 9.48 Å². The third-order valence-electron chi connectivity index (χ3n) is 5.42. The molecule has 0 aliphatic heterocycles. The van der Waals surface area contributed by atoms with Crippen LogP contribution in [-0.4, -0.2) is 44.4 Å². The van der Waals surface area contributed by atoms with Gasteiger partial charge in [0.2, 0.25) is 0 Å². The normalized spacial score (nSPS) is 20.9. The number of aromatic nitrogens is 2. The van der Waals surface area contributed by atoms with Gasteiger partial charge in [0.05, 0.1) is 18.0 Å². The van der Waals surface area contributed by atoms with Crippen molar-refractivity contribution in [1.82, 2.24) is 14.7 Å². The molecule has 0 radical (unpaired) electrons. The minimum atomic E-state index is -1.00. The number of nitriles is 1. The molecular weight excluding hydrogens is 391 g/mol. The summed E-state index contributed by atoms with van der Waals surface area (Å²) in [5.74, 6) is -1.33. The summed E-state index contributed by atoms with van der Waals surface area (Å²) in [4.78, 5) is 24.7. The third-order valence-corrected chi connectivity index (χ3v) is 5.42. The lowest BCUT2D eigenvalue weighted by Gasteiger charge is -2.37. The van der Waals surface area contributed by atoms with Gasteiger partial charge in [-0.15, -0.1) is 0 Å². The Balaban J connectivity index is 1.84. The fourth-order valence-electron chi connectivity index (χ4n) is 3.92. The Morgan fingerprint density at radius 1 is 1.40 bits per heavy atom. The highest BCUT2D eigenvalue weighted by molar-refractivity contribution is 5.98. The van der Waals surface area contributed by atoms with Crippen molar-refractivity contribution in [3.8, 4) is 6.07 Å². The molecular formula is C20H23FN6O3. The Morgan fingerprint density at radius 2 is 2.10 bits per heavy atom. The molecule has 1 aliphatic carbocycles. The molecule has 2 aromatic rings. The zero-order chi connectivity index (χ0) is 21.8. The van der Waals surface area contributed by atoms with E-state index in [1.54, 1.807) is 11.6 Å². The molecule has 10 heteroatoms. The monoisotopic (exact) mass is 414 g/mol. The van der Waals surface area contributed by atoms with E-state index < -0.39 is 23.7 Å². The predicted octanol–water partition coefficient (Wildman–Crippen LogP) is 3.10. The van der Waals surface area contributed by atoms with Crippen LogP contribution in [0.4, 0.5) is 20.7 Å². The smallest absolute Gasteiger partial charge is 0.407 e. The van der Waals surface area contributed by atoms with Crippen molar-refractivity contribution in [2.75, 3.05) is 11.9 Å². The Labute approximate surface area is 172 Å². The van der Waals surface area contributed by atoms with Crippen molar-refractivity contribution in [2.45, 2.75) is 38.3 Å². The highest BCUT2D eigenvalue weighted by Crippen LogP contribution is 2.36. The second-order valence-corrected chi connectivity index (χ2v) is 7.21. The number of benzene rings is 1. The third kappa shape index (κ3) is 4.35. The number of rotatable bonds is 6. The van der Waals surface area contributed by atoms with Gasteiger partial charge in [-0.1, -0.05) is 0 Å². The van der Waals surface area contributed by atoms with Crippen LogP contribution in [0.1, 0.15) is 42.6 Å². The van der Waals surface area contributed by atoms with Crippen LogP contribution in [-0.2, 0) is 0 Å². The van der Waals surface area contributed by atoms with Gasteiger partial charge in [0, 0.05) is 24.5 Å². The molecule has 1 heterocycles. The number of primary amides is 1. The maximum absolute atomic E-state index is 13.1. The van der Waals surface area contributed by atoms with Gasteiger partial charge in [0.15, 0.2) is 5.82 Å². The Morgan fingerprint density at radius 3 is 2.67 bits per heavy atom. The van der Waals surface area contributed by atoms with Gasteiger partial charge in [-0.05, 0) is 50.5 Å². The van der Waals surface area contributed by atoms with Crippen LogP contribution < -0.4 is 11.1 Å². The topological polar surface area (TPSA) is 137 Å². The molecule has 4 N–H and O–H groups in total. The average molecular weight is 414 g/mol. The molecule has 9 nitrogen and oxygen atoms in total. The van der Waals surface area contributed by atoms with Crippen LogP contribution in [0.5, 0.6) is 0 Å². The van der Waals surface area contributed by atoms with Crippen molar-refractivity contribution in [3.63, 3.8) is 0 Å². The van der Waals surface area contributed by atoms with E-state index in [1.807, 2.05) is 0 Å². The number of nitrogens with zero attached hydrogens (tertiary/aromatic N) is 4. The van der Waals surface area contributed by atoms with Crippen LogP contribution in [0.2, 0.25) is 0 Å². The molecule has 1 fully saturated rings. The number of carboxylic acid groups (broad SMARTS) is 1. The van der Waals surface area contributed by atoms with Gasteiger partial charge in [0.1, 0.15) is 11.4 Å². The summed E-state index contributed by atoms with van der Waals surface area (Å²) in [6, 6.07) is 7.26. The summed E-state index contributed by atoms with van der Waals surface area (Å²) in [7, 11) is 0. The van der Waals surface area contributed by atoms with Crippen LogP contribution in [0.15, 0.2) is 30.5 Å². The van der Waals surface area contributed by atoms with Crippen molar-refractivity contribution in [3.05, 3.63) is 41.8 Å². The first kappa shape index (κ1) is 21.1. The lowest BCUT2D eigenvalue weighted by atomic mass is 9.82. The SMILES string of the molecule is CCN(C(=O)O)C1CCC(n2cc(C(N)=O)c(Nc3ccc(F)cc3)n2)C(C#N)C1. The number of carbonyl (C=O) groups is 2. The van der Waals surface area contributed by atoms with Crippen molar-refractivity contribution >= 4 is 23.5 Å². The van der Waals surface area contributed by atoms with E-state index in [9.17, 15) is 24.3 Å². The maximum atomic E-state index is 13.1. The van der Waals surface area contributed by atoms with Gasteiger partial charge >= 0.3 is 6.09 Å². The molecule has 158 valence electrons. The lowest BCUT2D eigenvalue weighted by Crippen LogP contribution is -2.44. The number of anilines is 2. The number of hydrogen-bond donors (Lipinski definition) is 3. The highest BCUT2D eigenvalue weighted by atomic mass is 19.1. The van der Waals surface area contributed by atoms with E-state index in [-0.39, 0.29) is 23.5 Å². The zero-order valence-electron chi connectivity index (χ0n) is 16.5. The van der Waals surface area contributed by atoms with E-state index in [0.717, 1.165) is 0 Å². The Hall–Kier alpha value is -3.61. The molecule has 1 aromatic carbocycles. The molecule has 3 atom stereocenters. The zero-order valence-corrected chi connectivity index (χ0v) is 16.5. The van der Waals surface area contributed by atoms with Gasteiger partial charge in [-0.25, -0.2) is 9.18 Å². The van der Waals surface area contributed by atoms with Crippen LogP contribution in [0.25, 0.3) is 0 Å². The average Bonchev–Trinajstić information content (AvgIpc) is 3.13. The molecule has 2 amide bonds. The second-order valence-electron chi connectivity index (χ2n) is 7.21. The van der Waals surface area contributed by atoms with Gasteiger partial charge in [-0.2, -0.15) is 10.4 Å². The molecule has 1 aromatic heterocycles. The largest absolute Gasteiger partial charge is 0.465 e. The molecule has 1 aliphatic rings. The molecule has 3 unspecified atom stereocenters. The quantitative estimate of drug-likeness (QED) is 0.664. The Kier molecular flexibility index (Phi) is 6.20. The molecule has 1 saturated carbocycles. The first-order chi connectivity index (χ1) is 14.3. The minimum absolute atomic E-state index is 0.152. The summed E-state index contributed by atoms with van der Waals surface area (Å²) in [6.07, 6.45) is 1.99. The first-order valence-corrected chi connectivity index (χ1v) is 9.64. The number of hydrogen-bond acceptors (Lipinski definition) is 5. The summed E-state index contributed by atoms with van der Waals surface area (Å²) in [5.41, 5.74) is 6.17. The van der Waals surface area contributed by atoms with E-state index in [0.29, 0.717) is 31.5 Å². The van der Waals surface area contributed by atoms with Crippen molar-refractivity contribution in [2.24, 2.45) is 11.7 Å². The maximum Gasteiger partial charge on any atom is 0.407 e. The standard InChI is InChI=1S/C20H23FN6O3/c1-2-26(20(29)30)15-7-8-17(12(9-15)10-22)27-11-16(18(23)28)19(25-27)24-14-5-3-13(21)4-6-14/h3-6,11-12,15,17H,2,7-9H2,1H3,(H2,23,28)(H,24,25)(H,29,30). The summed E-state index contributed by atoms with van der Waals surface area (Å²) >= 11 is 0. The molecule has 0 bridgehead atoms. The molecule has 0 spiro atoms. The van der Waals surface area contributed by atoms with Gasteiger partial charge < -0.3 is 21.1 Å². The predicted molar refractivity (Wildman–Crippen MR) is 107 cm³/mol. The van der Waals surface area contributed by atoms with Crippen LogP contribution in [0.3, 0.4) is 0 Å². The highest BCUT2D eigenvalue weighted by Gasteiger charge is 2.36. The van der Waals surface area contributed by atoms with E-state index >= 15 is 0 Å². The fourth-order valence-corrected chi connectivity index (χ4v) is 3.92. The number of nitrogens with one attached hydrogen (secondary N) is 1. The van der Waals surface area contributed by atoms with E-state index in [1.165, 1.54) is 35.4 Å². The van der Waals surface area contributed by atoms with Gasteiger partial charge in [0.25, 0.3) is 5.91 Å². The number of halogens is 1. The van der Waals surface area contributed by atoms with E-state index in [2.05, 4.69) is 16.5 Å². The number of amides is 2. The lowest BCUT2D eigenvalue weighted by molar-refractivity contribution is 0.0956. The van der Waals surface area contributed by atoms with Crippen LogP contribution in [0, 0.1) is 23.1 Å². The fraction of sp³-hybridized carbons (Fsp3) is 0.400. The summed E-state index contributed by atoms with van der Waals surface area (Å²) in [6.45, 7) is 2.11. The number of carbonyl (C=O) groups excluding carboxylic acids is 1. The summed E-state index contributed by atoms with van der Waals surface area (Å²) < 4.78 is 14.7. The summed E-state index contributed by atoms with van der Waals surface area (Å²) in [5, 5.41) is 26.4. The second kappa shape index (κ2) is 8.82. The van der Waals surface area contributed by atoms with Crippen LogP contribution >= 0.6 is 0 Å². The van der Waals surface area contributed by atoms with Crippen molar-refractivity contribution in [1.29, 1.82) is 5.26 Å². The minimum Gasteiger partial charge on any atom is -0.465 e. The first-order valence-electron chi connectivity index (χ1n) is 9.64. The number of nitrogens with two attached hydrogens (primary N) is 1. The molecule has 30 heavy (non-hydrogen) atoms. The van der Waals surface area contributed by atoms with Crippen molar-refractivity contribution < 1.29 is 19.1 Å². The molecule has 0 saturated heterocycles. The Bertz CT molecular complexity index is 968.